The van der Waals surface area contributed by atoms with E-state index in [0.717, 1.165) is 25.8 Å². The molecule has 0 N–H and O–H groups in total. The molecule has 2 heterocycles. The Labute approximate surface area is 146 Å². The average Bonchev–Trinajstić information content (AvgIpc) is 3.14. The van der Waals surface area contributed by atoms with E-state index in [1.807, 2.05) is 30.1 Å². The Morgan fingerprint density at radius 1 is 1.18 bits per heavy atom. The van der Waals surface area contributed by atoms with Crippen molar-refractivity contribution in [2.45, 2.75) is 25.8 Å². The standard InChI is InChI=1S/C16H15N3S.2ClH/c1-2-5-13-12(4-1)10-14-16(13)18-15(20-14)6-3-8-19-9-7-17-11-19;;/h1-2,4-5,7,9,11H,3,6,8,10H2;2*1H. The zero-order valence-electron chi connectivity index (χ0n) is 11.9. The smallest absolute Gasteiger partial charge is 0.0945 e. The number of rotatable bonds is 4. The van der Waals surface area contributed by atoms with Crippen LogP contribution in [0.2, 0.25) is 0 Å². The molecular weight excluding hydrogens is 337 g/mol. The van der Waals surface area contributed by atoms with Gasteiger partial charge in [0.05, 0.1) is 17.0 Å². The summed E-state index contributed by atoms with van der Waals surface area (Å²) in [6.07, 6.45) is 8.94. The van der Waals surface area contributed by atoms with E-state index >= 15 is 0 Å². The number of aryl methyl sites for hydroxylation is 2. The molecule has 1 aromatic carbocycles. The van der Waals surface area contributed by atoms with Crippen LogP contribution < -0.4 is 0 Å². The molecule has 2 aromatic heterocycles. The number of hydrogen-bond acceptors (Lipinski definition) is 3. The number of halogens is 2. The van der Waals surface area contributed by atoms with Gasteiger partial charge in [-0.1, -0.05) is 24.3 Å². The van der Waals surface area contributed by atoms with Crippen molar-refractivity contribution < 1.29 is 0 Å². The Kier molecular flexibility index (Phi) is 5.62. The molecule has 6 heteroatoms. The Morgan fingerprint density at radius 2 is 2.05 bits per heavy atom. The molecule has 3 nitrogen and oxygen atoms in total. The molecule has 4 rings (SSSR count). The van der Waals surface area contributed by atoms with Crippen LogP contribution in [0.5, 0.6) is 0 Å². The van der Waals surface area contributed by atoms with Gasteiger partial charge in [0.1, 0.15) is 0 Å². The van der Waals surface area contributed by atoms with Crippen LogP contribution in [0.4, 0.5) is 0 Å². The molecule has 0 saturated heterocycles. The van der Waals surface area contributed by atoms with Gasteiger partial charge < -0.3 is 4.57 Å². The van der Waals surface area contributed by atoms with Gasteiger partial charge in [-0.2, -0.15) is 0 Å². The predicted molar refractivity (Wildman–Crippen MR) is 95.4 cm³/mol. The summed E-state index contributed by atoms with van der Waals surface area (Å²) in [6.45, 7) is 1.01. The third-order valence-electron chi connectivity index (χ3n) is 3.73. The van der Waals surface area contributed by atoms with Gasteiger partial charge in [0.2, 0.25) is 0 Å². The van der Waals surface area contributed by atoms with Gasteiger partial charge >= 0.3 is 0 Å². The summed E-state index contributed by atoms with van der Waals surface area (Å²) in [5, 5.41) is 1.27. The van der Waals surface area contributed by atoms with Gasteiger partial charge in [0, 0.05) is 42.2 Å². The second-order valence-corrected chi connectivity index (χ2v) is 6.29. The fourth-order valence-corrected chi connectivity index (χ4v) is 3.90. The maximum absolute atomic E-state index is 4.84. The van der Waals surface area contributed by atoms with Gasteiger partial charge in [-0.3, -0.25) is 0 Å². The van der Waals surface area contributed by atoms with Gasteiger partial charge in [0.25, 0.3) is 0 Å². The molecule has 0 aliphatic heterocycles. The van der Waals surface area contributed by atoms with Gasteiger partial charge in [0.15, 0.2) is 0 Å². The summed E-state index contributed by atoms with van der Waals surface area (Å²) >= 11 is 1.88. The molecule has 0 spiro atoms. The molecule has 0 saturated carbocycles. The van der Waals surface area contributed by atoms with E-state index in [1.54, 1.807) is 0 Å². The van der Waals surface area contributed by atoms with E-state index in [4.69, 9.17) is 4.98 Å². The predicted octanol–water partition coefficient (Wildman–Crippen LogP) is 4.39. The zero-order chi connectivity index (χ0) is 13.4. The zero-order valence-corrected chi connectivity index (χ0v) is 14.4. The Hall–Kier alpha value is -1.36. The van der Waals surface area contributed by atoms with Crippen LogP contribution in [0, 0.1) is 0 Å². The highest BCUT2D eigenvalue weighted by atomic mass is 35.5. The summed E-state index contributed by atoms with van der Waals surface area (Å²) in [5.41, 5.74) is 3.98. The molecule has 22 heavy (non-hydrogen) atoms. The van der Waals surface area contributed by atoms with Gasteiger partial charge in [-0.25, -0.2) is 9.97 Å². The highest BCUT2D eigenvalue weighted by Crippen LogP contribution is 2.39. The average molecular weight is 354 g/mol. The fraction of sp³-hybridized carbons (Fsp3) is 0.250. The fourth-order valence-electron chi connectivity index (χ4n) is 2.75. The number of imidazole rings is 1. The van der Waals surface area contributed by atoms with Crippen LogP contribution in [0.15, 0.2) is 43.0 Å². The summed E-state index contributed by atoms with van der Waals surface area (Å²) in [7, 11) is 0. The van der Waals surface area contributed by atoms with Crippen molar-refractivity contribution in [3.05, 3.63) is 58.4 Å². The number of nitrogens with zero attached hydrogens (tertiary/aromatic N) is 3. The van der Waals surface area contributed by atoms with Crippen LogP contribution in [0.1, 0.15) is 21.9 Å². The molecule has 0 bridgehead atoms. The SMILES string of the molecule is Cl.Cl.c1ccc2c(c1)Cc1sc(CCCn3ccnc3)nc1-2. The first-order valence-electron chi connectivity index (χ1n) is 6.93. The molecule has 0 unspecified atom stereocenters. The lowest BCUT2D eigenvalue weighted by Crippen LogP contribution is -1.96. The largest absolute Gasteiger partial charge is 0.337 e. The normalized spacial score (nSPS) is 11.3. The summed E-state index contributed by atoms with van der Waals surface area (Å²) in [5.74, 6) is 0. The first-order valence-corrected chi connectivity index (χ1v) is 7.74. The Balaban J connectivity index is 0.000000882. The molecule has 0 amide bonds. The highest BCUT2D eigenvalue weighted by molar-refractivity contribution is 7.12. The lowest BCUT2D eigenvalue weighted by atomic mass is 10.1. The highest BCUT2D eigenvalue weighted by Gasteiger charge is 2.22. The van der Waals surface area contributed by atoms with Gasteiger partial charge in [-0.05, 0) is 12.0 Å². The number of benzene rings is 1. The molecule has 3 aromatic rings. The van der Waals surface area contributed by atoms with Crippen LogP contribution in [-0.4, -0.2) is 14.5 Å². The first-order chi connectivity index (χ1) is 9.90. The van der Waals surface area contributed by atoms with Crippen LogP contribution in [0.3, 0.4) is 0 Å². The molecule has 116 valence electrons. The molecule has 1 aliphatic carbocycles. The van der Waals surface area contributed by atoms with Crippen LogP contribution in [-0.2, 0) is 19.4 Å². The number of hydrogen-bond donors (Lipinski definition) is 0. The molecule has 0 atom stereocenters. The summed E-state index contributed by atoms with van der Waals surface area (Å²) in [6, 6.07) is 8.62. The molecule has 0 fully saturated rings. The van der Waals surface area contributed by atoms with Crippen LogP contribution >= 0.6 is 36.2 Å². The van der Waals surface area contributed by atoms with Gasteiger partial charge in [-0.15, -0.1) is 36.2 Å². The van der Waals surface area contributed by atoms with Crippen molar-refractivity contribution in [3.8, 4) is 11.3 Å². The number of thiazole rings is 1. The maximum Gasteiger partial charge on any atom is 0.0945 e. The quantitative estimate of drug-likeness (QED) is 0.544. The Morgan fingerprint density at radius 3 is 2.86 bits per heavy atom. The third-order valence-corrected chi connectivity index (χ3v) is 4.85. The van der Waals surface area contributed by atoms with Crippen molar-refractivity contribution in [2.75, 3.05) is 0 Å². The summed E-state index contributed by atoms with van der Waals surface area (Å²) in [4.78, 5) is 10.3. The maximum atomic E-state index is 4.84. The summed E-state index contributed by atoms with van der Waals surface area (Å²) < 4.78 is 2.12. The van der Waals surface area contributed by atoms with E-state index in [1.165, 1.54) is 26.7 Å². The second-order valence-electron chi connectivity index (χ2n) is 5.12. The first kappa shape index (κ1) is 17.0. The van der Waals surface area contributed by atoms with E-state index in [9.17, 15) is 0 Å². The van der Waals surface area contributed by atoms with Crippen LogP contribution in [0.25, 0.3) is 11.3 Å². The van der Waals surface area contributed by atoms with Crippen molar-refractivity contribution in [3.63, 3.8) is 0 Å². The number of aromatic nitrogens is 3. The minimum atomic E-state index is 0. The van der Waals surface area contributed by atoms with E-state index in [2.05, 4.69) is 33.8 Å². The number of fused-ring (bicyclic) bond motifs is 3. The van der Waals surface area contributed by atoms with Crippen molar-refractivity contribution in [1.82, 2.24) is 14.5 Å². The van der Waals surface area contributed by atoms with E-state index < -0.39 is 0 Å². The third kappa shape index (κ3) is 3.19. The minimum Gasteiger partial charge on any atom is -0.337 e. The van der Waals surface area contributed by atoms with Crippen molar-refractivity contribution >= 4 is 36.2 Å². The lowest BCUT2D eigenvalue weighted by Gasteiger charge is -2.00. The monoisotopic (exact) mass is 353 g/mol. The van der Waals surface area contributed by atoms with Crippen molar-refractivity contribution in [2.24, 2.45) is 0 Å². The molecular formula is C16H17Cl2N3S. The molecule has 1 aliphatic rings. The lowest BCUT2D eigenvalue weighted by molar-refractivity contribution is 0.641. The second kappa shape index (κ2) is 7.27. The molecule has 0 radical (unpaired) electrons. The van der Waals surface area contributed by atoms with E-state index in [-0.39, 0.29) is 24.8 Å². The van der Waals surface area contributed by atoms with E-state index in [0.29, 0.717) is 0 Å². The minimum absolute atomic E-state index is 0. The van der Waals surface area contributed by atoms with Crippen molar-refractivity contribution in [1.29, 1.82) is 0 Å². The Bertz CT molecular complexity index is 738. The topological polar surface area (TPSA) is 30.7 Å².